The minimum Gasteiger partial charge on any atom is -0.457 e. The van der Waals surface area contributed by atoms with Gasteiger partial charge in [0.25, 0.3) is 0 Å². The zero-order valence-corrected chi connectivity index (χ0v) is 28.0. The lowest BCUT2D eigenvalue weighted by atomic mass is 9.87. The van der Waals surface area contributed by atoms with Gasteiger partial charge in [0.1, 0.15) is 23.1 Å². The van der Waals surface area contributed by atoms with Crippen LogP contribution in [0, 0.1) is 26.6 Å². The monoisotopic (exact) mass is 622 g/mol. The maximum Gasteiger partial charge on any atom is 0.140 e. The Morgan fingerprint density at radius 3 is 2.13 bits per heavy atom. The Labute approximate surface area is 275 Å². The van der Waals surface area contributed by atoms with Crippen molar-refractivity contribution in [1.29, 1.82) is 0 Å². The Kier molecular flexibility index (Phi) is 7.67. The third-order valence-electron chi connectivity index (χ3n) is 8.85. The van der Waals surface area contributed by atoms with Gasteiger partial charge in [0.15, 0.2) is 0 Å². The van der Waals surface area contributed by atoms with E-state index in [1.807, 2.05) is 47.0 Å². The first-order valence-corrected chi connectivity index (χ1v) is 16.2. The van der Waals surface area contributed by atoms with Crippen molar-refractivity contribution < 1.29 is 9.13 Å². The summed E-state index contributed by atoms with van der Waals surface area (Å²) in [7, 11) is 0. The van der Waals surface area contributed by atoms with Crippen molar-refractivity contribution in [2.24, 2.45) is 0 Å². The van der Waals surface area contributed by atoms with Gasteiger partial charge in [-0.2, -0.15) is 5.10 Å². The second-order valence-corrected chi connectivity index (χ2v) is 13.1. The van der Waals surface area contributed by atoms with E-state index < -0.39 is 0 Å². The largest absolute Gasteiger partial charge is 0.457 e. The molecule has 4 aromatic carbocycles. The second kappa shape index (κ2) is 11.8. The van der Waals surface area contributed by atoms with Gasteiger partial charge in [-0.25, -0.2) is 14.1 Å². The number of para-hydroxylation sites is 1. The van der Waals surface area contributed by atoms with Crippen molar-refractivity contribution in [1.82, 2.24) is 19.3 Å². The highest BCUT2D eigenvalue weighted by Gasteiger charge is 2.26. The number of hydrogen-bond donors (Lipinski definition) is 0. The van der Waals surface area contributed by atoms with Crippen molar-refractivity contribution in [3.8, 4) is 34.1 Å². The molecule has 0 amide bonds. The van der Waals surface area contributed by atoms with E-state index in [9.17, 15) is 4.39 Å². The van der Waals surface area contributed by atoms with Crippen molar-refractivity contribution in [3.63, 3.8) is 0 Å². The van der Waals surface area contributed by atoms with E-state index in [-0.39, 0.29) is 17.7 Å². The molecule has 0 aliphatic carbocycles. The highest BCUT2D eigenvalue weighted by Crippen LogP contribution is 2.41. The smallest absolute Gasteiger partial charge is 0.140 e. The van der Waals surface area contributed by atoms with Crippen molar-refractivity contribution in [3.05, 3.63) is 131 Å². The van der Waals surface area contributed by atoms with Gasteiger partial charge < -0.3 is 4.74 Å². The van der Waals surface area contributed by atoms with Gasteiger partial charge in [0, 0.05) is 40.7 Å². The number of ether oxygens (including phenoxy) is 1. The quantitative estimate of drug-likeness (QED) is 0.178. The van der Waals surface area contributed by atoms with Crippen LogP contribution in [0.1, 0.15) is 67.6 Å². The number of rotatable bonds is 7. The third-order valence-corrected chi connectivity index (χ3v) is 8.85. The third kappa shape index (κ3) is 5.38. The molecule has 47 heavy (non-hydrogen) atoms. The van der Waals surface area contributed by atoms with Crippen LogP contribution in [0.2, 0.25) is 0 Å². The van der Waals surface area contributed by atoms with Crippen molar-refractivity contribution in [2.45, 2.75) is 60.3 Å². The first kappa shape index (κ1) is 30.4. The molecule has 3 heterocycles. The molecule has 0 N–H and O–H groups in total. The molecule has 0 fully saturated rings. The Morgan fingerprint density at radius 2 is 1.40 bits per heavy atom. The maximum atomic E-state index is 14.3. The molecular weight excluding hydrogens is 583 g/mol. The lowest BCUT2D eigenvalue weighted by Crippen LogP contribution is -2.05. The molecular formula is C41H39FN4O. The molecule has 5 nitrogen and oxygen atoms in total. The highest BCUT2D eigenvalue weighted by molar-refractivity contribution is 6.09. The van der Waals surface area contributed by atoms with Gasteiger partial charge in [-0.3, -0.25) is 4.57 Å². The molecule has 6 heteroatoms. The van der Waals surface area contributed by atoms with E-state index in [0.717, 1.165) is 33.2 Å². The molecule has 0 aliphatic heterocycles. The molecule has 0 saturated carbocycles. The highest BCUT2D eigenvalue weighted by atomic mass is 19.1. The summed E-state index contributed by atoms with van der Waals surface area (Å²) in [6.07, 6.45) is 1.50. The van der Waals surface area contributed by atoms with E-state index in [1.54, 1.807) is 0 Å². The summed E-state index contributed by atoms with van der Waals surface area (Å²) in [4.78, 5) is 4.49. The average molecular weight is 623 g/mol. The normalized spacial score (nSPS) is 11.8. The van der Waals surface area contributed by atoms with Crippen LogP contribution in [-0.2, 0) is 0 Å². The van der Waals surface area contributed by atoms with Crippen molar-refractivity contribution in [2.75, 3.05) is 0 Å². The molecule has 0 radical (unpaired) electrons. The van der Waals surface area contributed by atoms with E-state index in [4.69, 9.17) is 9.84 Å². The van der Waals surface area contributed by atoms with E-state index in [0.29, 0.717) is 17.3 Å². The summed E-state index contributed by atoms with van der Waals surface area (Å²) in [5, 5.41) is 7.38. The number of benzene rings is 4. The lowest BCUT2D eigenvalue weighted by Gasteiger charge is -2.18. The van der Waals surface area contributed by atoms with Gasteiger partial charge in [-0.1, -0.05) is 69.7 Å². The topological polar surface area (TPSA) is 44.9 Å². The minimum absolute atomic E-state index is 0.232. The molecule has 7 aromatic rings. The SMILES string of the molecule is Cc1cc(C)c(-c2c(C(C)C)nn(-c3cccc(Oc4ccc5c6ccccc6n(-c6cc(F)ccn6)c5c4)c3)c2C(C)C)c(C)c1. The predicted molar refractivity (Wildman–Crippen MR) is 190 cm³/mol. The predicted octanol–water partition coefficient (Wildman–Crippen LogP) is 11.1. The summed E-state index contributed by atoms with van der Waals surface area (Å²) in [5.74, 6) is 2.04. The molecule has 7 rings (SSSR count). The number of hydrogen-bond acceptors (Lipinski definition) is 3. The van der Waals surface area contributed by atoms with Gasteiger partial charge in [0.2, 0.25) is 0 Å². The summed E-state index contributed by atoms with van der Waals surface area (Å²) >= 11 is 0. The minimum atomic E-state index is -0.332. The van der Waals surface area contributed by atoms with E-state index >= 15 is 0 Å². The zero-order chi connectivity index (χ0) is 33.0. The Hall–Kier alpha value is -5.23. The van der Waals surface area contributed by atoms with E-state index in [2.05, 4.69) is 94.5 Å². The molecule has 0 aliphatic rings. The summed E-state index contributed by atoms with van der Waals surface area (Å²) in [6, 6.07) is 29.6. The molecule has 3 aromatic heterocycles. The second-order valence-electron chi connectivity index (χ2n) is 13.1. The number of halogens is 1. The maximum absolute atomic E-state index is 14.3. The van der Waals surface area contributed by atoms with Crippen LogP contribution >= 0.6 is 0 Å². The van der Waals surface area contributed by atoms with Gasteiger partial charge in [-0.05, 0) is 85.7 Å². The number of fused-ring (bicyclic) bond motifs is 3. The molecule has 0 saturated heterocycles. The molecule has 0 atom stereocenters. The summed E-state index contributed by atoms with van der Waals surface area (Å²) in [6.45, 7) is 15.5. The van der Waals surface area contributed by atoms with Crippen LogP contribution in [0.15, 0.2) is 97.2 Å². The van der Waals surface area contributed by atoms with Crippen LogP contribution in [0.25, 0.3) is 44.4 Å². The van der Waals surface area contributed by atoms with Gasteiger partial charge in [0.05, 0.1) is 28.1 Å². The molecule has 0 bridgehead atoms. The molecule has 236 valence electrons. The number of pyridine rings is 1. The number of aryl methyl sites for hydroxylation is 3. The van der Waals surface area contributed by atoms with Crippen molar-refractivity contribution >= 4 is 21.8 Å². The average Bonchev–Trinajstić information content (AvgIpc) is 3.58. The van der Waals surface area contributed by atoms with Crippen LogP contribution < -0.4 is 4.74 Å². The first-order chi connectivity index (χ1) is 22.6. The number of nitrogens with zero attached hydrogens (tertiary/aromatic N) is 4. The first-order valence-electron chi connectivity index (χ1n) is 16.2. The fraction of sp³-hybridized carbons (Fsp3) is 0.220. The van der Waals surface area contributed by atoms with Crippen LogP contribution in [0.4, 0.5) is 4.39 Å². The standard InChI is InChI=1S/C41H39FN4O/c1-24(2)40-39(38-27(6)19-26(5)20-28(38)7)41(25(3)4)46(44-40)30-11-10-12-31(22-30)47-32-15-16-34-33-13-8-9-14-35(33)45(36(34)23-32)37-21-29(42)17-18-43-37/h8-25H,1-7H3. The van der Waals surface area contributed by atoms with E-state index in [1.165, 1.54) is 51.8 Å². The lowest BCUT2D eigenvalue weighted by molar-refractivity contribution is 0.482. The molecule has 0 spiro atoms. The summed E-state index contributed by atoms with van der Waals surface area (Å²) < 4.78 is 24.9. The van der Waals surface area contributed by atoms with Crippen LogP contribution in [-0.4, -0.2) is 19.3 Å². The Bertz CT molecular complexity index is 2270. The van der Waals surface area contributed by atoms with Gasteiger partial charge >= 0.3 is 0 Å². The fourth-order valence-electron chi connectivity index (χ4n) is 7.00. The molecule has 0 unspecified atom stereocenters. The Balaban J connectivity index is 1.34. The Morgan fingerprint density at radius 1 is 0.681 bits per heavy atom. The van der Waals surface area contributed by atoms with Crippen LogP contribution in [0.3, 0.4) is 0 Å². The zero-order valence-electron chi connectivity index (χ0n) is 28.0. The van der Waals surface area contributed by atoms with Crippen LogP contribution in [0.5, 0.6) is 11.5 Å². The fourth-order valence-corrected chi connectivity index (χ4v) is 7.00. The van der Waals surface area contributed by atoms with Gasteiger partial charge in [-0.15, -0.1) is 0 Å². The summed E-state index contributed by atoms with van der Waals surface area (Å²) in [5.41, 5.74) is 11.4. The number of aromatic nitrogens is 4.